The van der Waals surface area contributed by atoms with Crippen LogP contribution in [-0.4, -0.2) is 10.9 Å². The molecule has 0 saturated heterocycles. The first-order valence-electron chi connectivity index (χ1n) is 4.87. The zero-order valence-corrected chi connectivity index (χ0v) is 10.5. The van der Waals surface area contributed by atoms with Crippen molar-refractivity contribution < 1.29 is 13.6 Å². The fourth-order valence-corrected chi connectivity index (χ4v) is 1.85. The molecule has 0 fully saturated rings. The van der Waals surface area contributed by atoms with Crippen LogP contribution in [0.2, 0.25) is 0 Å². The number of anilines is 1. The van der Waals surface area contributed by atoms with Crippen molar-refractivity contribution in [1.82, 2.24) is 4.98 Å². The second-order valence-electron chi connectivity index (χ2n) is 3.50. The molecule has 2 aromatic rings. The molecular weight excluding hydrogens is 308 g/mol. The van der Waals surface area contributed by atoms with E-state index in [0.29, 0.717) is 15.5 Å². The maximum atomic E-state index is 13.0. The summed E-state index contributed by atoms with van der Waals surface area (Å²) < 4.78 is 26.6. The number of aromatic nitrogens is 1. The maximum absolute atomic E-state index is 13.0. The summed E-state index contributed by atoms with van der Waals surface area (Å²) in [5, 5.41) is 0.669. The van der Waals surface area contributed by atoms with Crippen molar-refractivity contribution in [3.63, 3.8) is 0 Å². The molecule has 1 heterocycles. The highest BCUT2D eigenvalue weighted by molar-refractivity contribution is 9.10. The minimum absolute atomic E-state index is 0.0704. The summed E-state index contributed by atoms with van der Waals surface area (Å²) in [6.45, 7) is 0. The molecule has 1 amide bonds. The molecule has 0 spiro atoms. The van der Waals surface area contributed by atoms with Crippen molar-refractivity contribution in [3.8, 4) is 0 Å². The van der Waals surface area contributed by atoms with Crippen LogP contribution in [0.25, 0.3) is 0 Å². The lowest BCUT2D eigenvalue weighted by Crippen LogP contribution is -2.38. The van der Waals surface area contributed by atoms with Gasteiger partial charge in [-0.2, -0.15) is 0 Å². The van der Waals surface area contributed by atoms with Crippen LogP contribution in [0.1, 0.15) is 10.5 Å². The average Bonchev–Trinajstić information content (AvgIpc) is 2.72. The Morgan fingerprint density at radius 2 is 1.89 bits per heavy atom. The normalized spacial score (nSPS) is 10.4. The second kappa shape index (κ2) is 4.87. The summed E-state index contributed by atoms with van der Waals surface area (Å²) in [5.74, 6) is 3.32. The number of hydrazine groups is 1. The van der Waals surface area contributed by atoms with Crippen LogP contribution in [0.3, 0.4) is 0 Å². The van der Waals surface area contributed by atoms with Crippen molar-refractivity contribution >= 4 is 27.5 Å². The van der Waals surface area contributed by atoms with E-state index >= 15 is 0 Å². The quantitative estimate of drug-likeness (QED) is 0.508. The molecule has 0 aliphatic rings. The van der Waals surface area contributed by atoms with Gasteiger partial charge < -0.3 is 4.98 Å². The molecule has 0 atom stereocenters. The highest BCUT2D eigenvalue weighted by Gasteiger charge is 2.19. The van der Waals surface area contributed by atoms with E-state index < -0.39 is 17.5 Å². The third-order valence-corrected chi connectivity index (χ3v) is 2.92. The highest BCUT2D eigenvalue weighted by Crippen LogP contribution is 2.20. The summed E-state index contributed by atoms with van der Waals surface area (Å²) in [6.07, 6.45) is 1.54. The van der Waals surface area contributed by atoms with E-state index in [4.69, 9.17) is 5.84 Å². The van der Waals surface area contributed by atoms with E-state index in [0.717, 1.165) is 12.1 Å². The van der Waals surface area contributed by atoms with Gasteiger partial charge in [-0.15, -0.1) is 0 Å². The number of nitrogens with two attached hydrogens (primary N) is 1. The first-order valence-corrected chi connectivity index (χ1v) is 5.66. The van der Waals surface area contributed by atoms with Gasteiger partial charge in [-0.1, -0.05) is 0 Å². The van der Waals surface area contributed by atoms with E-state index in [1.807, 2.05) is 0 Å². The summed E-state index contributed by atoms with van der Waals surface area (Å²) in [6, 6.07) is 4.26. The highest BCUT2D eigenvalue weighted by atomic mass is 79.9. The van der Waals surface area contributed by atoms with Gasteiger partial charge in [0.05, 0.1) is 5.69 Å². The van der Waals surface area contributed by atoms with E-state index in [1.54, 1.807) is 6.07 Å². The predicted molar refractivity (Wildman–Crippen MR) is 65.8 cm³/mol. The van der Waals surface area contributed by atoms with Gasteiger partial charge in [0, 0.05) is 16.7 Å². The Balaban J connectivity index is 2.34. The molecule has 0 bridgehead atoms. The fraction of sp³-hybridized carbons (Fsp3) is 0. The molecule has 7 heteroatoms. The van der Waals surface area contributed by atoms with Crippen molar-refractivity contribution in [3.05, 3.63) is 52.3 Å². The Morgan fingerprint density at radius 3 is 2.39 bits per heavy atom. The van der Waals surface area contributed by atoms with E-state index in [-0.39, 0.29) is 11.4 Å². The smallest absolute Gasteiger partial charge is 0.290 e. The Hall–Kier alpha value is -1.73. The van der Waals surface area contributed by atoms with Gasteiger partial charge in [-0.3, -0.25) is 4.79 Å². The SMILES string of the molecule is NN(C(=O)c1[nH]ccc1Br)c1cc(F)cc(F)c1. The van der Waals surface area contributed by atoms with Gasteiger partial charge in [0.2, 0.25) is 0 Å². The Kier molecular flexibility index (Phi) is 3.44. The number of H-pyrrole nitrogens is 1. The van der Waals surface area contributed by atoms with Gasteiger partial charge in [0.1, 0.15) is 17.3 Å². The van der Waals surface area contributed by atoms with Crippen molar-refractivity contribution in [1.29, 1.82) is 0 Å². The van der Waals surface area contributed by atoms with Crippen LogP contribution in [0.15, 0.2) is 34.9 Å². The Morgan fingerprint density at radius 1 is 1.28 bits per heavy atom. The summed E-state index contributed by atoms with van der Waals surface area (Å²) >= 11 is 3.15. The number of amides is 1. The maximum Gasteiger partial charge on any atom is 0.290 e. The molecule has 4 nitrogen and oxygen atoms in total. The molecule has 1 aromatic heterocycles. The molecule has 0 unspecified atom stereocenters. The van der Waals surface area contributed by atoms with Crippen molar-refractivity contribution in [2.45, 2.75) is 0 Å². The van der Waals surface area contributed by atoms with Gasteiger partial charge in [0.25, 0.3) is 5.91 Å². The summed E-state index contributed by atoms with van der Waals surface area (Å²) in [4.78, 5) is 14.6. The lowest BCUT2D eigenvalue weighted by molar-refractivity contribution is 0.0982. The first kappa shape index (κ1) is 12.7. The number of carbonyl (C=O) groups excluding carboxylic acids is 1. The molecule has 18 heavy (non-hydrogen) atoms. The molecule has 94 valence electrons. The van der Waals surface area contributed by atoms with Crippen LogP contribution in [0, 0.1) is 11.6 Å². The molecule has 0 aliphatic carbocycles. The van der Waals surface area contributed by atoms with Gasteiger partial charge in [-0.25, -0.2) is 19.6 Å². The number of nitrogens with zero attached hydrogens (tertiary/aromatic N) is 1. The molecule has 3 N–H and O–H groups in total. The first-order chi connectivity index (χ1) is 8.49. The summed E-state index contributed by atoms with van der Waals surface area (Å²) in [7, 11) is 0. The van der Waals surface area contributed by atoms with Gasteiger partial charge in [-0.05, 0) is 34.1 Å². The van der Waals surface area contributed by atoms with Gasteiger partial charge in [0.15, 0.2) is 0 Å². The minimum Gasteiger partial charge on any atom is -0.356 e. The molecule has 1 aromatic carbocycles. The Labute approximate surface area is 109 Å². The molecular formula is C11H8BrF2N3O. The number of aromatic amines is 1. The van der Waals surface area contributed by atoms with Crippen LogP contribution in [-0.2, 0) is 0 Å². The summed E-state index contributed by atoms with van der Waals surface area (Å²) in [5.41, 5.74) is 0.126. The third-order valence-electron chi connectivity index (χ3n) is 2.25. The number of halogens is 3. The van der Waals surface area contributed by atoms with Gasteiger partial charge >= 0.3 is 0 Å². The predicted octanol–water partition coefficient (Wildman–Crippen LogP) is 2.58. The molecule has 0 saturated carbocycles. The topological polar surface area (TPSA) is 62.1 Å². The van der Waals surface area contributed by atoms with Crippen molar-refractivity contribution in [2.24, 2.45) is 5.84 Å². The zero-order valence-electron chi connectivity index (χ0n) is 8.95. The minimum atomic E-state index is -0.807. The molecule has 2 rings (SSSR count). The lowest BCUT2D eigenvalue weighted by atomic mass is 10.2. The molecule has 0 aliphatic heterocycles. The number of nitrogens with one attached hydrogen (secondary N) is 1. The van der Waals surface area contributed by atoms with Crippen LogP contribution in [0.5, 0.6) is 0 Å². The number of benzene rings is 1. The van der Waals surface area contributed by atoms with Crippen LogP contribution in [0.4, 0.5) is 14.5 Å². The number of carbonyl (C=O) groups is 1. The fourth-order valence-electron chi connectivity index (χ4n) is 1.43. The zero-order chi connectivity index (χ0) is 13.3. The monoisotopic (exact) mass is 315 g/mol. The van der Waals surface area contributed by atoms with E-state index in [1.165, 1.54) is 6.20 Å². The second-order valence-corrected chi connectivity index (χ2v) is 4.36. The average molecular weight is 316 g/mol. The largest absolute Gasteiger partial charge is 0.356 e. The third kappa shape index (κ3) is 2.41. The number of rotatable bonds is 2. The lowest BCUT2D eigenvalue weighted by Gasteiger charge is -2.16. The van der Waals surface area contributed by atoms with E-state index in [2.05, 4.69) is 20.9 Å². The van der Waals surface area contributed by atoms with Crippen molar-refractivity contribution in [2.75, 3.05) is 5.01 Å². The Bertz CT molecular complexity index is 579. The molecule has 0 radical (unpaired) electrons. The standard InChI is InChI=1S/C11H8BrF2N3O/c12-9-1-2-16-10(9)11(18)17(15)8-4-6(13)3-7(14)5-8/h1-5,16H,15H2. The number of hydrogen-bond donors (Lipinski definition) is 2. The van der Waals surface area contributed by atoms with Crippen LogP contribution >= 0.6 is 15.9 Å². The number of hydrogen-bond acceptors (Lipinski definition) is 2. The van der Waals surface area contributed by atoms with E-state index in [9.17, 15) is 13.6 Å². The van der Waals surface area contributed by atoms with Crippen LogP contribution < -0.4 is 10.9 Å².